The summed E-state index contributed by atoms with van der Waals surface area (Å²) >= 11 is 1.73. The normalized spacial score (nSPS) is 11.0. The van der Waals surface area contributed by atoms with Gasteiger partial charge >= 0.3 is 0 Å². The summed E-state index contributed by atoms with van der Waals surface area (Å²) in [7, 11) is -3.78. The van der Waals surface area contributed by atoms with E-state index in [1.54, 1.807) is 38.1 Å². The summed E-state index contributed by atoms with van der Waals surface area (Å²) in [5, 5.41) is 21.8. The number of aromatic nitrogens is 1. The van der Waals surface area contributed by atoms with Crippen molar-refractivity contribution in [1.29, 1.82) is 10.5 Å². The van der Waals surface area contributed by atoms with Crippen LogP contribution in [0.2, 0.25) is 0 Å². The van der Waals surface area contributed by atoms with Gasteiger partial charge in [0.25, 0.3) is 10.0 Å². The highest BCUT2D eigenvalue weighted by Crippen LogP contribution is 2.39. The molecule has 23 heavy (non-hydrogen) atoms. The average Bonchev–Trinajstić information content (AvgIpc) is 2.73. The van der Waals surface area contributed by atoms with Gasteiger partial charge in [-0.2, -0.15) is 10.5 Å². The lowest BCUT2D eigenvalue weighted by Gasteiger charge is -2.11. The number of nitriles is 2. The van der Waals surface area contributed by atoms with Crippen LogP contribution in [0.5, 0.6) is 0 Å². The van der Waals surface area contributed by atoms with Crippen LogP contribution in [0.3, 0.4) is 0 Å². The number of benzene rings is 1. The predicted octanol–water partition coefficient (Wildman–Crippen LogP) is 3.80. The van der Waals surface area contributed by atoms with Gasteiger partial charge in [0.2, 0.25) is 0 Å². The summed E-state index contributed by atoms with van der Waals surface area (Å²) in [5.41, 5.74) is 1.84. The fourth-order valence-corrected chi connectivity index (χ4v) is 5.37. The molecule has 0 fully saturated rings. The van der Waals surface area contributed by atoms with Crippen LogP contribution in [0.15, 0.2) is 39.0 Å². The summed E-state index contributed by atoms with van der Waals surface area (Å²) in [5.74, 6) is 0. The second-order valence-corrected chi connectivity index (χ2v) is 8.17. The standard InChI is InChI=1S/C15H13N3O2S3/c1-10-4-6-13(7-5-10)23(19,20)18-11(2)14(21-8-16)15(12(18)3)22-9-17/h4-7H,1-3H3. The lowest BCUT2D eigenvalue weighted by molar-refractivity contribution is 0.584. The quantitative estimate of drug-likeness (QED) is 0.606. The molecule has 0 aliphatic heterocycles. The van der Waals surface area contributed by atoms with Crippen molar-refractivity contribution in [3.63, 3.8) is 0 Å². The van der Waals surface area contributed by atoms with Crippen LogP contribution < -0.4 is 0 Å². The SMILES string of the molecule is Cc1ccc(S(=O)(=O)n2c(C)c(SC#N)c(SC#N)c2C)cc1. The largest absolute Gasteiger partial charge is 0.268 e. The second kappa shape index (κ2) is 6.71. The van der Waals surface area contributed by atoms with Gasteiger partial charge < -0.3 is 0 Å². The number of thioether (sulfide) groups is 2. The fourth-order valence-electron chi connectivity index (χ4n) is 2.27. The van der Waals surface area contributed by atoms with Gasteiger partial charge in [-0.05, 0) is 56.4 Å². The lowest BCUT2D eigenvalue weighted by atomic mass is 10.2. The van der Waals surface area contributed by atoms with Gasteiger partial charge in [0.05, 0.1) is 14.7 Å². The third kappa shape index (κ3) is 3.11. The van der Waals surface area contributed by atoms with E-state index in [-0.39, 0.29) is 4.90 Å². The lowest BCUT2D eigenvalue weighted by Crippen LogP contribution is -2.16. The first-order chi connectivity index (χ1) is 10.8. The molecule has 0 unspecified atom stereocenters. The molecule has 0 saturated heterocycles. The first-order valence-electron chi connectivity index (χ1n) is 6.50. The molecule has 118 valence electrons. The molecule has 1 heterocycles. The molecule has 0 saturated carbocycles. The molecule has 0 radical (unpaired) electrons. The zero-order valence-electron chi connectivity index (χ0n) is 12.7. The molecule has 0 amide bonds. The molecule has 0 N–H and O–H groups in total. The number of hydrogen-bond donors (Lipinski definition) is 0. The highest BCUT2D eigenvalue weighted by molar-refractivity contribution is 8.06. The molecular weight excluding hydrogens is 350 g/mol. The van der Waals surface area contributed by atoms with Crippen LogP contribution in [0.1, 0.15) is 17.0 Å². The van der Waals surface area contributed by atoms with Crippen molar-refractivity contribution in [2.45, 2.75) is 35.5 Å². The summed E-state index contributed by atoms with van der Waals surface area (Å²) in [6.45, 7) is 5.16. The Bertz CT molecular complexity index is 891. The van der Waals surface area contributed by atoms with E-state index in [0.717, 1.165) is 29.1 Å². The van der Waals surface area contributed by atoms with E-state index in [1.807, 2.05) is 17.7 Å². The molecule has 0 spiro atoms. The van der Waals surface area contributed by atoms with Crippen LogP contribution in [0, 0.1) is 42.1 Å². The van der Waals surface area contributed by atoms with E-state index in [2.05, 4.69) is 0 Å². The molecule has 8 heteroatoms. The van der Waals surface area contributed by atoms with Crippen LogP contribution in [-0.4, -0.2) is 12.4 Å². The molecule has 0 bridgehead atoms. The highest BCUT2D eigenvalue weighted by atomic mass is 32.2. The summed E-state index contributed by atoms with van der Waals surface area (Å²) in [4.78, 5) is 1.19. The highest BCUT2D eigenvalue weighted by Gasteiger charge is 2.27. The molecule has 1 aromatic heterocycles. The summed E-state index contributed by atoms with van der Waals surface area (Å²) in [6.07, 6.45) is 0. The Morgan fingerprint density at radius 1 is 0.913 bits per heavy atom. The van der Waals surface area contributed by atoms with Crippen LogP contribution in [-0.2, 0) is 10.0 Å². The van der Waals surface area contributed by atoms with Crippen LogP contribution in [0.25, 0.3) is 0 Å². The molecule has 0 aliphatic carbocycles. The molecule has 2 rings (SSSR count). The van der Waals surface area contributed by atoms with E-state index >= 15 is 0 Å². The number of thiocyanates is 2. The first-order valence-corrected chi connectivity index (χ1v) is 9.58. The van der Waals surface area contributed by atoms with Crippen LogP contribution >= 0.6 is 23.5 Å². The Labute approximate surface area is 144 Å². The smallest absolute Gasteiger partial charge is 0.241 e. The number of nitrogens with zero attached hydrogens (tertiary/aromatic N) is 3. The van der Waals surface area contributed by atoms with Crippen molar-refractivity contribution in [2.75, 3.05) is 0 Å². The van der Waals surface area contributed by atoms with E-state index in [9.17, 15) is 8.42 Å². The van der Waals surface area contributed by atoms with Crippen molar-refractivity contribution in [3.8, 4) is 10.8 Å². The van der Waals surface area contributed by atoms with Gasteiger partial charge in [0.1, 0.15) is 10.8 Å². The van der Waals surface area contributed by atoms with Gasteiger partial charge in [-0.1, -0.05) is 17.7 Å². The Morgan fingerprint density at radius 2 is 1.35 bits per heavy atom. The molecule has 0 aliphatic rings. The van der Waals surface area contributed by atoms with Crippen molar-refractivity contribution in [1.82, 2.24) is 3.97 Å². The minimum atomic E-state index is -3.78. The monoisotopic (exact) mass is 363 g/mol. The van der Waals surface area contributed by atoms with Crippen LogP contribution in [0.4, 0.5) is 0 Å². The van der Waals surface area contributed by atoms with Gasteiger partial charge in [0.15, 0.2) is 0 Å². The van der Waals surface area contributed by atoms with E-state index in [4.69, 9.17) is 10.5 Å². The van der Waals surface area contributed by atoms with Crippen molar-refractivity contribution < 1.29 is 8.42 Å². The van der Waals surface area contributed by atoms with Crippen molar-refractivity contribution >= 4 is 33.5 Å². The Balaban J connectivity index is 2.73. The zero-order valence-corrected chi connectivity index (χ0v) is 15.1. The van der Waals surface area contributed by atoms with Crippen molar-refractivity contribution in [3.05, 3.63) is 41.2 Å². The molecule has 0 atom stereocenters. The second-order valence-electron chi connectivity index (χ2n) is 4.80. The van der Waals surface area contributed by atoms with Gasteiger partial charge in [0, 0.05) is 11.4 Å². The maximum absolute atomic E-state index is 12.9. The maximum Gasteiger partial charge on any atom is 0.268 e. The average molecular weight is 363 g/mol. The topological polar surface area (TPSA) is 86.7 Å². The number of rotatable bonds is 4. The third-order valence-electron chi connectivity index (χ3n) is 3.33. The van der Waals surface area contributed by atoms with Gasteiger partial charge in [-0.3, -0.25) is 0 Å². The number of aryl methyl sites for hydroxylation is 1. The fraction of sp³-hybridized carbons (Fsp3) is 0.200. The van der Waals surface area contributed by atoms with E-state index in [1.165, 1.54) is 3.97 Å². The Hall–Kier alpha value is -1.87. The molecule has 1 aromatic carbocycles. The minimum Gasteiger partial charge on any atom is -0.241 e. The summed E-state index contributed by atoms with van der Waals surface area (Å²) in [6, 6.07) is 6.57. The van der Waals surface area contributed by atoms with E-state index < -0.39 is 10.0 Å². The molecule has 5 nitrogen and oxygen atoms in total. The summed E-state index contributed by atoms with van der Waals surface area (Å²) < 4.78 is 27.1. The Kier molecular flexibility index (Phi) is 5.10. The maximum atomic E-state index is 12.9. The number of hydrogen-bond acceptors (Lipinski definition) is 6. The Morgan fingerprint density at radius 3 is 1.74 bits per heavy atom. The molecular formula is C15H13N3O2S3. The van der Waals surface area contributed by atoms with E-state index in [0.29, 0.717) is 21.2 Å². The third-order valence-corrected chi connectivity index (χ3v) is 6.94. The van der Waals surface area contributed by atoms with Gasteiger partial charge in [-0.25, -0.2) is 12.4 Å². The molecule has 2 aromatic rings. The van der Waals surface area contributed by atoms with Crippen molar-refractivity contribution in [2.24, 2.45) is 0 Å². The first kappa shape index (κ1) is 17.5. The minimum absolute atomic E-state index is 0.173. The predicted molar refractivity (Wildman–Crippen MR) is 90.6 cm³/mol. The van der Waals surface area contributed by atoms with Gasteiger partial charge in [-0.15, -0.1) is 0 Å². The zero-order chi connectivity index (χ0) is 17.2.